The third-order valence-corrected chi connectivity index (χ3v) is 7.21. The van der Waals surface area contributed by atoms with Gasteiger partial charge in [0.15, 0.2) is 0 Å². The predicted octanol–water partition coefficient (Wildman–Crippen LogP) is 5.75. The summed E-state index contributed by atoms with van der Waals surface area (Å²) >= 11 is 11.9. The van der Waals surface area contributed by atoms with Crippen molar-refractivity contribution in [2.75, 3.05) is 4.72 Å². The van der Waals surface area contributed by atoms with Crippen molar-refractivity contribution in [1.82, 2.24) is 4.90 Å². The van der Waals surface area contributed by atoms with Crippen LogP contribution >= 0.6 is 23.2 Å². The molecule has 31 heavy (non-hydrogen) atoms. The smallest absolute Gasteiger partial charge is 0.263 e. The summed E-state index contributed by atoms with van der Waals surface area (Å²) in [4.78, 5) is 14.9. The molecule has 162 valence electrons. The lowest BCUT2D eigenvalue weighted by Crippen LogP contribution is -2.35. The molecule has 6 nitrogen and oxygen atoms in total. The van der Waals surface area contributed by atoms with Gasteiger partial charge in [-0.25, -0.2) is 8.42 Å². The van der Waals surface area contributed by atoms with Crippen molar-refractivity contribution in [3.05, 3.63) is 82.2 Å². The number of sulfonamides is 1. The van der Waals surface area contributed by atoms with Gasteiger partial charge in [0.1, 0.15) is 10.7 Å². The van der Waals surface area contributed by atoms with Gasteiger partial charge in [0.25, 0.3) is 15.9 Å². The molecule has 3 aromatic rings. The molecule has 1 heterocycles. The molecule has 0 radical (unpaired) electrons. The summed E-state index contributed by atoms with van der Waals surface area (Å²) in [6.45, 7) is 1.94. The first-order valence-electron chi connectivity index (χ1n) is 9.70. The van der Waals surface area contributed by atoms with E-state index < -0.39 is 10.0 Å². The Morgan fingerprint density at radius 1 is 1.13 bits per heavy atom. The number of carbonyl (C=O) groups is 1. The summed E-state index contributed by atoms with van der Waals surface area (Å²) < 4.78 is 33.3. The van der Waals surface area contributed by atoms with Gasteiger partial charge in [-0.05, 0) is 74.4 Å². The van der Waals surface area contributed by atoms with Crippen LogP contribution in [0.1, 0.15) is 41.9 Å². The van der Waals surface area contributed by atoms with Crippen LogP contribution in [0.15, 0.2) is 70.2 Å². The van der Waals surface area contributed by atoms with E-state index in [4.69, 9.17) is 27.6 Å². The zero-order valence-electron chi connectivity index (χ0n) is 16.6. The third-order valence-electron chi connectivity index (χ3n) is 5.11. The minimum atomic E-state index is -3.94. The molecule has 0 bridgehead atoms. The van der Waals surface area contributed by atoms with E-state index in [1.165, 1.54) is 18.2 Å². The van der Waals surface area contributed by atoms with Crippen LogP contribution in [-0.4, -0.2) is 25.3 Å². The number of amides is 1. The summed E-state index contributed by atoms with van der Waals surface area (Å²) in [6, 6.07) is 14.2. The van der Waals surface area contributed by atoms with Gasteiger partial charge in [-0.3, -0.25) is 9.52 Å². The maximum Gasteiger partial charge on any atom is 0.263 e. The second kappa shape index (κ2) is 8.57. The van der Waals surface area contributed by atoms with Crippen LogP contribution in [0, 0.1) is 0 Å². The Morgan fingerprint density at radius 2 is 1.84 bits per heavy atom. The van der Waals surface area contributed by atoms with Crippen molar-refractivity contribution < 1.29 is 17.6 Å². The van der Waals surface area contributed by atoms with E-state index >= 15 is 0 Å². The van der Waals surface area contributed by atoms with Crippen molar-refractivity contribution in [3.63, 3.8) is 0 Å². The molecule has 1 aromatic heterocycles. The topological polar surface area (TPSA) is 79.6 Å². The van der Waals surface area contributed by atoms with Gasteiger partial charge in [0, 0.05) is 22.3 Å². The van der Waals surface area contributed by atoms with E-state index in [1.54, 1.807) is 36.6 Å². The number of hydrogen-bond donors (Lipinski definition) is 1. The first-order valence-corrected chi connectivity index (χ1v) is 11.9. The third kappa shape index (κ3) is 4.74. The van der Waals surface area contributed by atoms with Crippen molar-refractivity contribution in [1.29, 1.82) is 0 Å². The Labute approximate surface area is 190 Å². The number of halogens is 2. The predicted molar refractivity (Wildman–Crippen MR) is 120 cm³/mol. The monoisotopic (exact) mass is 478 g/mol. The van der Waals surface area contributed by atoms with Crippen LogP contribution in [0.2, 0.25) is 10.0 Å². The highest BCUT2D eigenvalue weighted by atomic mass is 35.5. The van der Waals surface area contributed by atoms with E-state index in [9.17, 15) is 13.2 Å². The Kier molecular flexibility index (Phi) is 6.01. The van der Waals surface area contributed by atoms with E-state index in [2.05, 4.69) is 4.72 Å². The zero-order chi connectivity index (χ0) is 22.2. The van der Waals surface area contributed by atoms with Gasteiger partial charge in [-0.2, -0.15) is 0 Å². The summed E-state index contributed by atoms with van der Waals surface area (Å²) in [5.41, 5.74) is 0.777. The summed E-state index contributed by atoms with van der Waals surface area (Å²) in [6.07, 6.45) is 3.50. The second-order valence-electron chi connectivity index (χ2n) is 7.39. The summed E-state index contributed by atoms with van der Waals surface area (Å²) in [5, 5.41) is 0.326. The van der Waals surface area contributed by atoms with E-state index in [1.807, 2.05) is 17.9 Å². The number of carbonyl (C=O) groups excluding carboxylic acids is 1. The highest BCUT2D eigenvalue weighted by Gasteiger charge is 2.37. The number of benzene rings is 2. The molecule has 2 aromatic carbocycles. The molecule has 0 saturated heterocycles. The van der Waals surface area contributed by atoms with Crippen molar-refractivity contribution in [3.8, 4) is 0 Å². The standard InChI is InChI=1S/C22H20Cl2N2O4S/c1-14(20-3-2-12-30-20)26(18-9-10-18)22(27)15-4-7-17(8-5-15)25-31(28,29)21-13-16(23)6-11-19(21)24/h2-8,11-14,18,25H,9-10H2,1H3. The first kappa shape index (κ1) is 21.7. The van der Waals surface area contributed by atoms with Gasteiger partial charge < -0.3 is 9.32 Å². The van der Waals surface area contributed by atoms with Crippen molar-refractivity contribution >= 4 is 44.8 Å². The fourth-order valence-electron chi connectivity index (χ4n) is 3.40. The largest absolute Gasteiger partial charge is 0.467 e. The number of nitrogens with zero attached hydrogens (tertiary/aromatic N) is 1. The highest BCUT2D eigenvalue weighted by molar-refractivity contribution is 7.92. The van der Waals surface area contributed by atoms with Gasteiger partial charge in [-0.15, -0.1) is 0 Å². The molecule has 1 N–H and O–H groups in total. The SMILES string of the molecule is CC(c1ccco1)N(C(=O)c1ccc(NS(=O)(=O)c2cc(Cl)ccc2Cl)cc1)C1CC1. The average Bonchev–Trinajstić information content (AvgIpc) is 3.41. The van der Waals surface area contributed by atoms with Crippen molar-refractivity contribution in [2.45, 2.75) is 36.7 Å². The number of rotatable bonds is 7. The van der Waals surface area contributed by atoms with Crippen molar-refractivity contribution in [2.24, 2.45) is 0 Å². The lowest BCUT2D eigenvalue weighted by molar-refractivity contribution is 0.0652. The second-order valence-corrected chi connectivity index (χ2v) is 9.89. The van der Waals surface area contributed by atoms with Gasteiger partial charge in [-0.1, -0.05) is 23.2 Å². The lowest BCUT2D eigenvalue weighted by atomic mass is 10.1. The van der Waals surface area contributed by atoms with E-state index in [0.717, 1.165) is 18.6 Å². The Balaban J connectivity index is 1.53. The molecule has 9 heteroatoms. The Bertz CT molecular complexity index is 1190. The molecule has 1 fully saturated rings. The molecule has 1 amide bonds. The normalized spacial score (nSPS) is 14.8. The molecule has 0 spiro atoms. The number of hydrogen-bond acceptors (Lipinski definition) is 4. The quantitative estimate of drug-likeness (QED) is 0.468. The fraction of sp³-hybridized carbons (Fsp3) is 0.227. The molecule has 1 aliphatic rings. The molecular formula is C22H20Cl2N2O4S. The van der Waals surface area contributed by atoms with Crippen LogP contribution < -0.4 is 4.72 Å². The number of nitrogens with one attached hydrogen (secondary N) is 1. The van der Waals surface area contributed by atoms with Crippen LogP contribution in [0.25, 0.3) is 0 Å². The maximum atomic E-state index is 13.2. The van der Waals surface area contributed by atoms with E-state index in [0.29, 0.717) is 11.3 Å². The summed E-state index contributed by atoms with van der Waals surface area (Å²) in [5.74, 6) is 0.599. The first-order chi connectivity index (χ1) is 14.8. The molecular weight excluding hydrogens is 459 g/mol. The fourth-order valence-corrected chi connectivity index (χ4v) is 5.22. The minimum Gasteiger partial charge on any atom is -0.467 e. The van der Waals surface area contributed by atoms with Crippen LogP contribution in [0.3, 0.4) is 0 Å². The number of furan rings is 1. The molecule has 1 aliphatic carbocycles. The van der Waals surface area contributed by atoms with Gasteiger partial charge in [0.2, 0.25) is 0 Å². The zero-order valence-corrected chi connectivity index (χ0v) is 18.9. The van der Waals surface area contributed by atoms with E-state index in [-0.39, 0.29) is 32.9 Å². The number of anilines is 1. The highest BCUT2D eigenvalue weighted by Crippen LogP contribution is 2.36. The van der Waals surface area contributed by atoms with Gasteiger partial charge >= 0.3 is 0 Å². The van der Waals surface area contributed by atoms with Crippen LogP contribution in [0.5, 0.6) is 0 Å². The Morgan fingerprint density at radius 3 is 2.45 bits per heavy atom. The maximum absolute atomic E-state index is 13.2. The molecule has 1 atom stereocenters. The van der Waals surface area contributed by atoms with Gasteiger partial charge in [0.05, 0.1) is 17.3 Å². The molecule has 1 saturated carbocycles. The molecule has 4 rings (SSSR count). The molecule has 0 aliphatic heterocycles. The van der Waals surface area contributed by atoms with Crippen LogP contribution in [-0.2, 0) is 10.0 Å². The molecule has 1 unspecified atom stereocenters. The average molecular weight is 479 g/mol. The summed E-state index contributed by atoms with van der Waals surface area (Å²) in [7, 11) is -3.94. The minimum absolute atomic E-state index is 0.0655. The Hall–Kier alpha value is -2.48. The lowest BCUT2D eigenvalue weighted by Gasteiger charge is -2.28. The van der Waals surface area contributed by atoms with Crippen LogP contribution in [0.4, 0.5) is 5.69 Å².